The van der Waals surface area contributed by atoms with Gasteiger partial charge in [0.25, 0.3) is 0 Å². The van der Waals surface area contributed by atoms with Gasteiger partial charge in [0.2, 0.25) is 5.88 Å². The number of aromatic nitrogens is 2. The molecule has 2 aliphatic heterocycles. The molecule has 3 aromatic rings. The summed E-state index contributed by atoms with van der Waals surface area (Å²) in [6.45, 7) is 1.59. The number of fused-ring (bicyclic) bond motifs is 2. The Morgan fingerprint density at radius 3 is 2.29 bits per heavy atom. The molecular formula is C18H16N6O4. The highest BCUT2D eigenvalue weighted by Gasteiger charge is 2.23. The molecule has 0 radical (unpaired) electrons. The van der Waals surface area contributed by atoms with E-state index in [1.54, 1.807) is 12.1 Å². The van der Waals surface area contributed by atoms with Crippen molar-refractivity contribution in [3.63, 3.8) is 0 Å². The molecule has 0 atom stereocenters. The minimum atomic E-state index is -0.594. The second kappa shape index (κ2) is 5.59. The third kappa shape index (κ3) is 2.20. The molecule has 0 aliphatic carbocycles. The number of aromatic hydroxyl groups is 3. The van der Waals surface area contributed by atoms with E-state index in [4.69, 9.17) is 5.41 Å². The van der Waals surface area contributed by atoms with Gasteiger partial charge in [-0.1, -0.05) is 0 Å². The Bertz CT molecular complexity index is 1350. The van der Waals surface area contributed by atoms with E-state index in [0.717, 1.165) is 25.9 Å². The zero-order valence-corrected chi connectivity index (χ0v) is 14.6. The van der Waals surface area contributed by atoms with Crippen molar-refractivity contribution >= 4 is 22.5 Å². The standard InChI is InChI=1S/C18H16N6O4/c19-15-14-8(16(26)22-17(14)27)5-13(25)24(15)12-7-10-9(20-18(28)21-10)6-11(12)23-3-1-2-4-23/h5-7,19,22,25-27H,1-4H2. The van der Waals surface area contributed by atoms with Crippen LogP contribution in [-0.2, 0) is 0 Å². The van der Waals surface area contributed by atoms with Crippen LogP contribution in [0.1, 0.15) is 12.8 Å². The summed E-state index contributed by atoms with van der Waals surface area (Å²) >= 11 is 0. The van der Waals surface area contributed by atoms with Crippen LogP contribution < -0.4 is 21.1 Å². The lowest BCUT2D eigenvalue weighted by Crippen LogP contribution is -2.30. The van der Waals surface area contributed by atoms with Crippen LogP contribution in [0, 0.1) is 5.41 Å². The smallest absolute Gasteiger partial charge is 0.368 e. The first kappa shape index (κ1) is 16.4. The van der Waals surface area contributed by atoms with Gasteiger partial charge < -0.3 is 20.2 Å². The van der Waals surface area contributed by atoms with Gasteiger partial charge in [-0.15, -0.1) is 0 Å². The summed E-state index contributed by atoms with van der Waals surface area (Å²) in [6, 6.07) is 4.01. The molecule has 0 spiro atoms. The van der Waals surface area contributed by atoms with Gasteiger partial charge in [-0.3, -0.25) is 15.0 Å². The van der Waals surface area contributed by atoms with Gasteiger partial charge in [0.05, 0.1) is 32.9 Å². The predicted octanol–water partition coefficient (Wildman–Crippen LogP) is 0.528. The number of carbonyl (C=O) groups excluding carboxylic acids is 1. The van der Waals surface area contributed by atoms with Crippen molar-refractivity contribution in [2.24, 2.45) is 9.98 Å². The van der Waals surface area contributed by atoms with Crippen molar-refractivity contribution in [3.8, 4) is 23.3 Å². The van der Waals surface area contributed by atoms with Gasteiger partial charge in [-0.25, -0.2) is 4.79 Å². The number of H-pyrrole nitrogens is 1. The first-order chi connectivity index (χ1) is 13.4. The summed E-state index contributed by atoms with van der Waals surface area (Å²) in [5.74, 6) is -1.00. The number of anilines is 1. The first-order valence-electron chi connectivity index (χ1n) is 8.78. The van der Waals surface area contributed by atoms with Gasteiger partial charge in [0.1, 0.15) is 5.49 Å². The number of amides is 2. The van der Waals surface area contributed by atoms with Crippen molar-refractivity contribution in [2.45, 2.75) is 12.8 Å². The topological polar surface area (TPSA) is 150 Å². The molecule has 2 aliphatic rings. The van der Waals surface area contributed by atoms with Crippen molar-refractivity contribution in [1.82, 2.24) is 9.55 Å². The Labute approximate surface area is 156 Å². The molecule has 1 fully saturated rings. The molecule has 0 saturated carbocycles. The van der Waals surface area contributed by atoms with E-state index in [1.165, 1.54) is 10.6 Å². The van der Waals surface area contributed by atoms with E-state index in [-0.39, 0.29) is 33.9 Å². The van der Waals surface area contributed by atoms with E-state index < -0.39 is 6.03 Å². The third-order valence-electron chi connectivity index (χ3n) is 5.15. The second-order valence-corrected chi connectivity index (χ2v) is 6.83. The van der Waals surface area contributed by atoms with Crippen molar-refractivity contribution < 1.29 is 20.1 Å². The Hall–Kier alpha value is -3.82. The molecule has 1 aromatic carbocycles. The maximum atomic E-state index is 11.6. The molecule has 5 N–H and O–H groups in total. The number of nitrogens with zero attached hydrogens (tertiary/aromatic N) is 4. The molecule has 4 heterocycles. The molecule has 2 aromatic heterocycles. The number of hydrogen-bond donors (Lipinski definition) is 5. The monoisotopic (exact) mass is 380 g/mol. The molecule has 2 amide bonds. The summed E-state index contributed by atoms with van der Waals surface area (Å²) in [4.78, 5) is 23.9. The van der Waals surface area contributed by atoms with E-state index in [9.17, 15) is 20.1 Å². The Morgan fingerprint density at radius 2 is 1.61 bits per heavy atom. The quantitative estimate of drug-likeness (QED) is 0.439. The van der Waals surface area contributed by atoms with Crippen LogP contribution in [0.15, 0.2) is 28.2 Å². The van der Waals surface area contributed by atoms with Crippen molar-refractivity contribution in [1.29, 1.82) is 5.41 Å². The molecule has 1 saturated heterocycles. The number of benzene rings is 1. The lowest BCUT2D eigenvalue weighted by molar-refractivity contribution is 0.256. The Morgan fingerprint density at radius 1 is 0.964 bits per heavy atom. The molecule has 10 heteroatoms. The Kier molecular flexibility index (Phi) is 3.26. The maximum Gasteiger partial charge on any atom is 0.368 e. The average Bonchev–Trinajstić information content (AvgIpc) is 3.33. The predicted molar refractivity (Wildman–Crippen MR) is 97.6 cm³/mol. The van der Waals surface area contributed by atoms with E-state index >= 15 is 0 Å². The van der Waals surface area contributed by atoms with Crippen LogP contribution in [0.5, 0.6) is 17.6 Å². The molecule has 0 bridgehead atoms. The highest BCUT2D eigenvalue weighted by molar-refractivity contribution is 5.92. The van der Waals surface area contributed by atoms with E-state index in [2.05, 4.69) is 19.9 Å². The minimum absolute atomic E-state index is 0.0703. The van der Waals surface area contributed by atoms with Gasteiger partial charge in [0, 0.05) is 19.2 Å². The number of rotatable bonds is 2. The van der Waals surface area contributed by atoms with Crippen LogP contribution >= 0.6 is 0 Å². The summed E-state index contributed by atoms with van der Waals surface area (Å²) in [5, 5.41) is 40.2. The van der Waals surface area contributed by atoms with Gasteiger partial charge >= 0.3 is 6.03 Å². The average molecular weight is 380 g/mol. The highest BCUT2D eigenvalue weighted by Crippen LogP contribution is 2.34. The zero-order valence-electron chi connectivity index (χ0n) is 14.6. The number of pyridine rings is 1. The van der Waals surface area contributed by atoms with Gasteiger partial charge in [-0.2, -0.15) is 9.98 Å². The van der Waals surface area contributed by atoms with Crippen molar-refractivity contribution in [2.75, 3.05) is 18.0 Å². The van der Waals surface area contributed by atoms with E-state index in [0.29, 0.717) is 22.1 Å². The summed E-state index contributed by atoms with van der Waals surface area (Å²) in [7, 11) is 0. The largest absolute Gasteiger partial charge is 0.494 e. The Balaban J connectivity index is 1.88. The third-order valence-corrected chi connectivity index (χ3v) is 5.15. The molecule has 5 rings (SSSR count). The van der Waals surface area contributed by atoms with Gasteiger partial charge in [-0.05, 0) is 25.0 Å². The van der Waals surface area contributed by atoms with Crippen LogP contribution in [0.2, 0.25) is 0 Å². The number of nitrogens with one attached hydrogen (secondary N) is 2. The maximum absolute atomic E-state index is 11.6. The SMILES string of the molecule is N=c1c2c(O)[nH]c(O)c2cc(O)n1-c1cc2c(cc1N1CCCC1)=NC(=O)N=2. The van der Waals surface area contributed by atoms with Crippen LogP contribution in [0.25, 0.3) is 16.5 Å². The minimum Gasteiger partial charge on any atom is -0.494 e. The molecule has 142 valence electrons. The van der Waals surface area contributed by atoms with Gasteiger partial charge in [0.15, 0.2) is 11.8 Å². The number of aromatic amines is 1. The highest BCUT2D eigenvalue weighted by atomic mass is 16.3. The van der Waals surface area contributed by atoms with Crippen LogP contribution in [0.3, 0.4) is 0 Å². The number of carbonyl (C=O) groups is 1. The van der Waals surface area contributed by atoms with Crippen LogP contribution in [0.4, 0.5) is 10.5 Å². The fourth-order valence-electron chi connectivity index (χ4n) is 3.89. The molecular weight excluding hydrogens is 364 g/mol. The number of urea groups is 1. The second-order valence-electron chi connectivity index (χ2n) is 6.83. The van der Waals surface area contributed by atoms with Crippen LogP contribution in [-0.4, -0.2) is 44.0 Å². The molecule has 28 heavy (non-hydrogen) atoms. The summed E-state index contributed by atoms with van der Waals surface area (Å²) in [6.07, 6.45) is 2.01. The zero-order chi connectivity index (χ0) is 19.6. The molecule has 0 unspecified atom stereocenters. The lowest BCUT2D eigenvalue weighted by atomic mass is 10.2. The first-order valence-corrected chi connectivity index (χ1v) is 8.78. The van der Waals surface area contributed by atoms with Crippen molar-refractivity contribution in [3.05, 3.63) is 34.4 Å². The fraction of sp³-hybridized carbons (Fsp3) is 0.222. The molecule has 10 nitrogen and oxygen atoms in total. The lowest BCUT2D eigenvalue weighted by Gasteiger charge is -2.23. The van der Waals surface area contributed by atoms with E-state index in [1.807, 2.05) is 0 Å². The normalized spacial score (nSPS) is 15.7. The number of hydrogen-bond acceptors (Lipinski definition) is 6. The summed E-state index contributed by atoms with van der Waals surface area (Å²) < 4.78 is 1.25. The summed E-state index contributed by atoms with van der Waals surface area (Å²) in [5.41, 5.74) is 0.932. The fourth-order valence-corrected chi connectivity index (χ4v) is 3.89.